The zero-order valence-corrected chi connectivity index (χ0v) is 15.5. The molecule has 3 heterocycles. The van der Waals surface area contributed by atoms with Gasteiger partial charge in [-0.1, -0.05) is 30.3 Å². The molecule has 1 fully saturated rings. The monoisotopic (exact) mass is 380 g/mol. The fourth-order valence-electron chi connectivity index (χ4n) is 3.78. The molecule has 5 rings (SSSR count). The van der Waals surface area contributed by atoms with Gasteiger partial charge in [-0.05, 0) is 18.2 Å². The number of aryl methyl sites for hydroxylation is 1. The number of benzene rings is 2. The highest BCUT2D eigenvalue weighted by molar-refractivity contribution is 5.78. The van der Waals surface area contributed by atoms with Crippen molar-refractivity contribution in [2.75, 3.05) is 23.5 Å². The molecular formula is C21H21FN4O2. The molecule has 0 radical (unpaired) electrons. The summed E-state index contributed by atoms with van der Waals surface area (Å²) in [5.41, 5.74) is 4.14. The van der Waals surface area contributed by atoms with Gasteiger partial charge in [0.2, 0.25) is 0 Å². The molecule has 7 heteroatoms. The molecule has 1 aromatic heterocycles. The number of fused-ring (bicyclic) bond motifs is 2. The molecule has 0 spiro atoms. The highest BCUT2D eigenvalue weighted by Crippen LogP contribution is 2.49. The topological polar surface area (TPSA) is 54.9 Å². The van der Waals surface area contributed by atoms with Crippen LogP contribution in [0.25, 0.3) is 0 Å². The Kier molecular flexibility index (Phi) is 4.16. The van der Waals surface area contributed by atoms with E-state index in [1.165, 1.54) is 0 Å². The number of rotatable bonds is 5. The quantitative estimate of drug-likeness (QED) is 0.680. The second-order valence-electron chi connectivity index (χ2n) is 6.93. The Morgan fingerprint density at radius 3 is 2.93 bits per heavy atom. The van der Waals surface area contributed by atoms with Crippen molar-refractivity contribution in [1.29, 1.82) is 0 Å². The molecule has 0 bridgehead atoms. The van der Waals surface area contributed by atoms with Crippen LogP contribution < -0.4 is 15.0 Å². The molecule has 2 atom stereocenters. The summed E-state index contributed by atoms with van der Waals surface area (Å²) in [6.45, 7) is 0.212. The number of ether oxygens (including phenoxy) is 2. The largest absolute Gasteiger partial charge is 0.490 e. The van der Waals surface area contributed by atoms with Gasteiger partial charge in [0.25, 0.3) is 0 Å². The van der Waals surface area contributed by atoms with Crippen LogP contribution in [-0.4, -0.2) is 29.3 Å². The van der Waals surface area contributed by atoms with Crippen LogP contribution in [0.2, 0.25) is 0 Å². The first-order valence-corrected chi connectivity index (χ1v) is 9.33. The molecule has 0 aliphatic carbocycles. The van der Waals surface area contributed by atoms with E-state index in [-0.39, 0.29) is 18.9 Å². The van der Waals surface area contributed by atoms with Gasteiger partial charge in [-0.2, -0.15) is 5.10 Å². The average Bonchev–Trinajstić information content (AvgIpc) is 3.47. The molecule has 1 N–H and O–H groups in total. The van der Waals surface area contributed by atoms with Gasteiger partial charge in [0.05, 0.1) is 24.1 Å². The Bertz CT molecular complexity index is 1010. The van der Waals surface area contributed by atoms with Gasteiger partial charge >= 0.3 is 0 Å². The Morgan fingerprint density at radius 1 is 1.21 bits per heavy atom. The van der Waals surface area contributed by atoms with Gasteiger partial charge < -0.3 is 19.7 Å². The highest BCUT2D eigenvalue weighted by atomic mass is 19.1. The summed E-state index contributed by atoms with van der Waals surface area (Å²) in [6.07, 6.45) is 1.64. The lowest BCUT2D eigenvalue weighted by molar-refractivity contribution is 0.268. The second-order valence-corrected chi connectivity index (χ2v) is 6.93. The van der Waals surface area contributed by atoms with E-state index < -0.39 is 6.67 Å². The lowest BCUT2D eigenvalue weighted by Gasteiger charge is -2.22. The molecule has 2 aliphatic rings. The summed E-state index contributed by atoms with van der Waals surface area (Å²) in [4.78, 5) is 2.24. The van der Waals surface area contributed by atoms with Gasteiger partial charge in [-0.15, -0.1) is 0 Å². The van der Waals surface area contributed by atoms with E-state index >= 15 is 0 Å². The lowest BCUT2D eigenvalue weighted by atomic mass is 10.1. The molecule has 1 saturated heterocycles. The molecule has 2 aliphatic heterocycles. The van der Waals surface area contributed by atoms with Crippen molar-refractivity contribution in [2.45, 2.75) is 18.9 Å². The Balaban J connectivity index is 1.48. The minimum absolute atomic E-state index is 0.0455. The summed E-state index contributed by atoms with van der Waals surface area (Å²) in [6, 6.07) is 15.9. The van der Waals surface area contributed by atoms with Crippen LogP contribution in [0.15, 0.2) is 54.7 Å². The van der Waals surface area contributed by atoms with Gasteiger partial charge in [0, 0.05) is 18.2 Å². The Morgan fingerprint density at radius 2 is 2.04 bits per heavy atom. The van der Waals surface area contributed by atoms with Crippen LogP contribution in [0.3, 0.4) is 0 Å². The normalized spacial score (nSPS) is 20.0. The number of anilines is 3. The van der Waals surface area contributed by atoms with Crippen LogP contribution in [-0.2, 0) is 18.3 Å². The first-order valence-electron chi connectivity index (χ1n) is 9.33. The summed E-state index contributed by atoms with van der Waals surface area (Å²) in [7, 11) is 1.93. The number of alkyl halides is 1. The fraction of sp³-hybridized carbons (Fsp3) is 0.286. The predicted octanol–water partition coefficient (Wildman–Crippen LogP) is 3.93. The molecule has 0 saturated carbocycles. The number of nitrogens with zero attached hydrogens (tertiary/aromatic N) is 3. The van der Waals surface area contributed by atoms with Crippen molar-refractivity contribution in [3.63, 3.8) is 0 Å². The van der Waals surface area contributed by atoms with Crippen molar-refractivity contribution in [1.82, 2.24) is 9.78 Å². The predicted molar refractivity (Wildman–Crippen MR) is 105 cm³/mol. The van der Waals surface area contributed by atoms with Crippen LogP contribution in [0.1, 0.15) is 17.2 Å². The van der Waals surface area contributed by atoms with E-state index in [9.17, 15) is 4.39 Å². The number of halogens is 1. The number of hydrogen-bond acceptors (Lipinski definition) is 5. The standard InChI is InChI=1S/C21H21FN4O2/c1-25-20-14(12-23-25)13-26(17-8-4-3-7-16(17)24-20)21-19(28-21)15-6-2-5-9-18(15)27-11-10-22/h2-9,12,19,21,24H,10-11,13H2,1H3. The molecule has 28 heavy (non-hydrogen) atoms. The fourth-order valence-corrected chi connectivity index (χ4v) is 3.78. The first kappa shape index (κ1) is 17.1. The van der Waals surface area contributed by atoms with Crippen molar-refractivity contribution >= 4 is 17.2 Å². The zero-order valence-electron chi connectivity index (χ0n) is 15.5. The molecule has 0 amide bonds. The molecule has 6 nitrogen and oxygen atoms in total. The van der Waals surface area contributed by atoms with Crippen LogP contribution >= 0.6 is 0 Å². The third kappa shape index (κ3) is 2.88. The van der Waals surface area contributed by atoms with Crippen molar-refractivity contribution < 1.29 is 13.9 Å². The molecule has 2 aromatic carbocycles. The minimum Gasteiger partial charge on any atom is -0.490 e. The summed E-state index contributed by atoms with van der Waals surface area (Å²) >= 11 is 0. The molecule has 2 unspecified atom stereocenters. The maximum absolute atomic E-state index is 12.6. The number of para-hydroxylation sites is 3. The minimum atomic E-state index is -0.516. The summed E-state index contributed by atoms with van der Waals surface area (Å²) in [5, 5.41) is 7.88. The van der Waals surface area contributed by atoms with Crippen molar-refractivity contribution in [3.05, 3.63) is 65.9 Å². The van der Waals surface area contributed by atoms with Crippen molar-refractivity contribution in [3.8, 4) is 5.75 Å². The smallest absolute Gasteiger partial charge is 0.162 e. The lowest BCUT2D eigenvalue weighted by Crippen LogP contribution is -2.26. The highest BCUT2D eigenvalue weighted by Gasteiger charge is 2.47. The van der Waals surface area contributed by atoms with E-state index in [2.05, 4.69) is 27.4 Å². The third-order valence-corrected chi connectivity index (χ3v) is 5.16. The Hall–Kier alpha value is -3.06. The van der Waals surface area contributed by atoms with E-state index in [0.717, 1.165) is 28.3 Å². The first-order chi connectivity index (χ1) is 13.8. The van der Waals surface area contributed by atoms with Gasteiger partial charge in [0.15, 0.2) is 6.23 Å². The summed E-state index contributed by atoms with van der Waals surface area (Å²) in [5.74, 6) is 1.66. The van der Waals surface area contributed by atoms with Gasteiger partial charge in [0.1, 0.15) is 31.0 Å². The molecular weight excluding hydrogens is 359 g/mol. The molecule has 144 valence electrons. The average molecular weight is 380 g/mol. The maximum Gasteiger partial charge on any atom is 0.162 e. The summed E-state index contributed by atoms with van der Waals surface area (Å²) < 4.78 is 26.1. The Labute approximate surface area is 162 Å². The SMILES string of the molecule is Cn1ncc2c1Nc1ccccc1N(C1OC1c1ccccc1OCCF)C2. The van der Waals surface area contributed by atoms with Gasteiger partial charge in [-0.25, -0.2) is 4.39 Å². The van der Waals surface area contributed by atoms with Crippen molar-refractivity contribution in [2.24, 2.45) is 7.05 Å². The third-order valence-electron chi connectivity index (χ3n) is 5.16. The number of epoxide rings is 1. The van der Waals surface area contributed by atoms with E-state index in [1.54, 1.807) is 0 Å². The second kappa shape index (κ2) is 6.83. The number of aromatic nitrogens is 2. The van der Waals surface area contributed by atoms with Crippen LogP contribution in [0, 0.1) is 0 Å². The number of hydrogen-bond donors (Lipinski definition) is 1. The van der Waals surface area contributed by atoms with E-state index in [1.807, 2.05) is 54.3 Å². The van der Waals surface area contributed by atoms with Crippen LogP contribution in [0.4, 0.5) is 21.6 Å². The number of nitrogens with one attached hydrogen (secondary N) is 1. The van der Waals surface area contributed by atoms with Crippen LogP contribution in [0.5, 0.6) is 5.75 Å². The zero-order chi connectivity index (χ0) is 19.1. The van der Waals surface area contributed by atoms with E-state index in [0.29, 0.717) is 12.3 Å². The van der Waals surface area contributed by atoms with E-state index in [4.69, 9.17) is 9.47 Å². The molecule has 3 aromatic rings. The van der Waals surface area contributed by atoms with Gasteiger partial charge in [-0.3, -0.25) is 4.68 Å². The maximum atomic E-state index is 12.6.